The standard InChI is InChI=1S/C44H34ClFN4O3S/c1-2-50-39-22-10-9-19-33(39)34-26-31(23-24-40(34)50)48-44(53)41(28-13-5-3-6-14-28)54-32-18-11-17-30(25-32)47-43(52)38(27-35-36(45)20-12-21-37(35)46)49-42(51)29-15-7-4-8-16-29/h3-27,41H,2H2,1H3,(H,47,52)(H,48,53)(H,49,51)/b38-27+. The normalized spacial score (nSPS) is 12.0. The van der Waals surface area contributed by atoms with Gasteiger partial charge in [-0.3, -0.25) is 14.4 Å². The van der Waals surface area contributed by atoms with Crippen molar-refractivity contribution in [3.63, 3.8) is 0 Å². The first kappa shape index (κ1) is 36.2. The Morgan fingerprint density at radius 2 is 1.43 bits per heavy atom. The molecule has 54 heavy (non-hydrogen) atoms. The van der Waals surface area contributed by atoms with E-state index in [4.69, 9.17) is 11.6 Å². The van der Waals surface area contributed by atoms with Gasteiger partial charge in [-0.1, -0.05) is 90.5 Å². The van der Waals surface area contributed by atoms with Crippen LogP contribution in [0.1, 0.15) is 33.7 Å². The molecule has 0 fully saturated rings. The SMILES string of the molecule is CCn1c2ccccc2c2cc(NC(=O)C(Sc3cccc(NC(=O)/C(=C\c4c(F)cccc4Cl)NC(=O)c4ccccc4)c3)c3ccccc3)ccc21. The molecule has 0 aliphatic carbocycles. The van der Waals surface area contributed by atoms with Gasteiger partial charge in [0.05, 0.1) is 5.02 Å². The predicted molar refractivity (Wildman–Crippen MR) is 217 cm³/mol. The Morgan fingerprint density at radius 1 is 0.741 bits per heavy atom. The molecule has 7 aromatic rings. The van der Waals surface area contributed by atoms with E-state index in [1.54, 1.807) is 48.5 Å². The van der Waals surface area contributed by atoms with Gasteiger partial charge in [0, 0.05) is 55.7 Å². The summed E-state index contributed by atoms with van der Waals surface area (Å²) in [5, 5.41) is 10.2. The van der Waals surface area contributed by atoms with Crippen molar-refractivity contribution in [2.75, 3.05) is 10.6 Å². The lowest BCUT2D eigenvalue weighted by atomic mass is 10.1. The highest BCUT2D eigenvalue weighted by atomic mass is 35.5. The van der Waals surface area contributed by atoms with Crippen LogP contribution in [0.3, 0.4) is 0 Å². The summed E-state index contributed by atoms with van der Waals surface area (Å²) in [4.78, 5) is 41.6. The molecule has 0 bridgehead atoms. The number of benzene rings is 6. The number of carbonyl (C=O) groups is 3. The van der Waals surface area contributed by atoms with Gasteiger partial charge >= 0.3 is 0 Å². The smallest absolute Gasteiger partial charge is 0.272 e. The number of halogens is 2. The van der Waals surface area contributed by atoms with Crippen LogP contribution in [0, 0.1) is 5.82 Å². The summed E-state index contributed by atoms with van der Waals surface area (Å²) < 4.78 is 17.1. The number of nitrogens with one attached hydrogen (secondary N) is 3. The molecular formula is C44H34ClFN4O3S. The number of rotatable bonds is 11. The number of fused-ring (bicyclic) bond motifs is 3. The van der Waals surface area contributed by atoms with Gasteiger partial charge in [-0.2, -0.15) is 0 Å². The third-order valence-electron chi connectivity index (χ3n) is 8.86. The van der Waals surface area contributed by atoms with E-state index < -0.39 is 22.9 Å². The highest BCUT2D eigenvalue weighted by Gasteiger charge is 2.24. The van der Waals surface area contributed by atoms with Crippen LogP contribution in [-0.2, 0) is 16.1 Å². The molecule has 3 N–H and O–H groups in total. The first-order chi connectivity index (χ1) is 26.3. The number of aryl methyl sites for hydroxylation is 1. The minimum atomic E-state index is -0.696. The molecule has 0 radical (unpaired) electrons. The van der Waals surface area contributed by atoms with Crippen molar-refractivity contribution in [3.05, 3.63) is 179 Å². The largest absolute Gasteiger partial charge is 0.341 e. The molecule has 268 valence electrons. The van der Waals surface area contributed by atoms with Gasteiger partial charge in [0.2, 0.25) is 5.91 Å². The fourth-order valence-electron chi connectivity index (χ4n) is 6.30. The Bertz CT molecular complexity index is 2520. The van der Waals surface area contributed by atoms with Crippen LogP contribution in [0.5, 0.6) is 0 Å². The maximum atomic E-state index is 14.8. The van der Waals surface area contributed by atoms with Crippen molar-refractivity contribution in [1.82, 2.24) is 9.88 Å². The molecule has 3 amide bonds. The Kier molecular flexibility index (Phi) is 10.9. The Hall–Kier alpha value is -6.16. The molecule has 0 saturated carbocycles. The summed E-state index contributed by atoms with van der Waals surface area (Å²) in [7, 11) is 0. The van der Waals surface area contributed by atoms with E-state index in [-0.39, 0.29) is 22.2 Å². The zero-order chi connectivity index (χ0) is 37.6. The molecule has 7 nitrogen and oxygen atoms in total. The van der Waals surface area contributed by atoms with E-state index in [1.165, 1.54) is 36.0 Å². The quantitative estimate of drug-likeness (QED) is 0.0906. The van der Waals surface area contributed by atoms with Gasteiger partial charge in [-0.15, -0.1) is 11.8 Å². The van der Waals surface area contributed by atoms with E-state index in [9.17, 15) is 18.8 Å². The van der Waals surface area contributed by atoms with Crippen LogP contribution >= 0.6 is 23.4 Å². The second kappa shape index (κ2) is 16.2. The van der Waals surface area contributed by atoms with Crippen molar-refractivity contribution in [2.45, 2.75) is 23.6 Å². The number of thioether (sulfide) groups is 1. The second-order valence-electron chi connectivity index (χ2n) is 12.4. The van der Waals surface area contributed by atoms with Gasteiger partial charge in [0.1, 0.15) is 16.8 Å². The molecule has 1 atom stereocenters. The third kappa shape index (κ3) is 7.93. The lowest BCUT2D eigenvalue weighted by Gasteiger charge is -2.18. The summed E-state index contributed by atoms with van der Waals surface area (Å²) in [5.41, 5.74) is 4.17. The first-order valence-corrected chi connectivity index (χ1v) is 18.5. The molecular weight excluding hydrogens is 719 g/mol. The number of amides is 3. The average Bonchev–Trinajstić information content (AvgIpc) is 3.51. The van der Waals surface area contributed by atoms with Crippen molar-refractivity contribution in [3.8, 4) is 0 Å². The van der Waals surface area contributed by atoms with Crippen LogP contribution in [0.2, 0.25) is 5.02 Å². The summed E-state index contributed by atoms with van der Waals surface area (Å²) in [6, 6.07) is 43.3. The molecule has 0 saturated heterocycles. The summed E-state index contributed by atoms with van der Waals surface area (Å²) in [6.45, 7) is 2.94. The minimum Gasteiger partial charge on any atom is -0.341 e. The number of hydrogen-bond acceptors (Lipinski definition) is 4. The summed E-state index contributed by atoms with van der Waals surface area (Å²) in [5.74, 6) is -2.12. The summed E-state index contributed by atoms with van der Waals surface area (Å²) in [6.07, 6.45) is 1.21. The topological polar surface area (TPSA) is 92.2 Å². The third-order valence-corrected chi connectivity index (χ3v) is 10.4. The van der Waals surface area contributed by atoms with Gasteiger partial charge in [-0.25, -0.2) is 4.39 Å². The van der Waals surface area contributed by atoms with Gasteiger partial charge < -0.3 is 20.5 Å². The fraction of sp³-hybridized carbons (Fsp3) is 0.0682. The lowest BCUT2D eigenvalue weighted by molar-refractivity contribution is -0.116. The molecule has 0 aliphatic rings. The minimum absolute atomic E-state index is 0.0473. The van der Waals surface area contributed by atoms with E-state index in [1.807, 2.05) is 66.7 Å². The number of carbonyl (C=O) groups excluding carboxylic acids is 3. The Labute approximate surface area is 320 Å². The van der Waals surface area contributed by atoms with Crippen LogP contribution < -0.4 is 16.0 Å². The van der Waals surface area contributed by atoms with E-state index in [0.29, 0.717) is 21.8 Å². The number of aromatic nitrogens is 1. The molecule has 1 heterocycles. The van der Waals surface area contributed by atoms with Crippen molar-refractivity contribution in [2.24, 2.45) is 0 Å². The van der Waals surface area contributed by atoms with E-state index in [0.717, 1.165) is 33.9 Å². The molecule has 7 rings (SSSR count). The van der Waals surface area contributed by atoms with Crippen LogP contribution in [-0.4, -0.2) is 22.3 Å². The van der Waals surface area contributed by atoms with Crippen molar-refractivity contribution < 1.29 is 18.8 Å². The fourth-order valence-corrected chi connectivity index (χ4v) is 7.60. The van der Waals surface area contributed by atoms with Crippen LogP contribution in [0.15, 0.2) is 156 Å². The molecule has 0 aliphatic heterocycles. The second-order valence-corrected chi connectivity index (χ2v) is 14.0. The van der Waals surface area contributed by atoms with Gasteiger partial charge in [0.25, 0.3) is 11.8 Å². The molecule has 0 spiro atoms. The number of para-hydroxylation sites is 1. The maximum absolute atomic E-state index is 14.8. The predicted octanol–water partition coefficient (Wildman–Crippen LogP) is 10.5. The number of nitrogens with zero attached hydrogens (tertiary/aromatic N) is 1. The number of hydrogen-bond donors (Lipinski definition) is 3. The lowest BCUT2D eigenvalue weighted by Crippen LogP contribution is -2.30. The molecule has 1 aromatic heterocycles. The first-order valence-electron chi connectivity index (χ1n) is 17.3. The van der Waals surface area contributed by atoms with Crippen LogP contribution in [0.4, 0.5) is 15.8 Å². The Morgan fingerprint density at radius 3 is 2.19 bits per heavy atom. The maximum Gasteiger partial charge on any atom is 0.272 e. The zero-order valence-corrected chi connectivity index (χ0v) is 30.6. The summed E-state index contributed by atoms with van der Waals surface area (Å²) >= 11 is 7.61. The zero-order valence-electron chi connectivity index (χ0n) is 29.1. The van der Waals surface area contributed by atoms with E-state index >= 15 is 0 Å². The highest BCUT2D eigenvalue weighted by molar-refractivity contribution is 8.00. The van der Waals surface area contributed by atoms with Crippen molar-refractivity contribution >= 4 is 80.3 Å². The molecule has 1 unspecified atom stereocenters. The monoisotopic (exact) mass is 752 g/mol. The Balaban J connectivity index is 1.14. The van der Waals surface area contributed by atoms with Gasteiger partial charge in [0.15, 0.2) is 0 Å². The van der Waals surface area contributed by atoms with E-state index in [2.05, 4.69) is 39.6 Å². The van der Waals surface area contributed by atoms with Crippen LogP contribution in [0.25, 0.3) is 27.9 Å². The average molecular weight is 753 g/mol. The van der Waals surface area contributed by atoms with Gasteiger partial charge in [-0.05, 0) is 85.3 Å². The van der Waals surface area contributed by atoms with Crippen molar-refractivity contribution in [1.29, 1.82) is 0 Å². The molecule has 10 heteroatoms. The highest BCUT2D eigenvalue weighted by Crippen LogP contribution is 2.38. The number of anilines is 2. The molecule has 6 aromatic carbocycles.